The van der Waals surface area contributed by atoms with Gasteiger partial charge in [-0.2, -0.15) is 0 Å². The molecule has 0 atom stereocenters. The fourth-order valence-corrected chi connectivity index (χ4v) is 1.98. The van der Waals surface area contributed by atoms with Crippen molar-refractivity contribution in [3.8, 4) is 5.95 Å². The Morgan fingerprint density at radius 3 is 2.80 bits per heavy atom. The number of hydrogen-bond donors (Lipinski definition) is 1. The average Bonchev–Trinajstić information content (AvgIpc) is 2.80. The molecule has 0 radical (unpaired) electrons. The number of rotatable bonds is 1. The standard InChI is InChI=1S/C9H4O5S/c1-12-8(10)3-2-4-6(14-9(2)11)7(15)5(3)13-4/h11H,1H3. The second-order valence-corrected chi connectivity index (χ2v) is 3.48. The van der Waals surface area contributed by atoms with Crippen LogP contribution in [0.1, 0.15) is 21.9 Å². The summed E-state index contributed by atoms with van der Waals surface area (Å²) in [6.07, 6.45) is 0. The third-order valence-corrected chi connectivity index (χ3v) is 2.70. The zero-order valence-electron chi connectivity index (χ0n) is 7.49. The summed E-state index contributed by atoms with van der Waals surface area (Å²) in [4.78, 5) is 11.7. The maximum absolute atomic E-state index is 11.4. The van der Waals surface area contributed by atoms with Gasteiger partial charge in [0.25, 0.3) is 5.95 Å². The van der Waals surface area contributed by atoms with E-state index in [9.17, 15) is 9.90 Å². The van der Waals surface area contributed by atoms with Gasteiger partial charge in [0.1, 0.15) is 15.8 Å². The zero-order chi connectivity index (χ0) is 10.7. The second-order valence-electron chi connectivity index (χ2n) is 3.07. The Hall–Kier alpha value is -1.82. The van der Waals surface area contributed by atoms with E-state index >= 15 is 0 Å². The molecule has 1 aliphatic rings. The number of ether oxygens (including phenoxy) is 1. The first kappa shape index (κ1) is 8.49. The maximum Gasteiger partial charge on any atom is 0.342 e. The highest BCUT2D eigenvalue weighted by molar-refractivity contribution is 7.81. The smallest absolute Gasteiger partial charge is 0.342 e. The van der Waals surface area contributed by atoms with E-state index in [4.69, 9.17) is 21.1 Å². The molecule has 3 heterocycles. The van der Waals surface area contributed by atoms with E-state index in [1.807, 2.05) is 0 Å². The molecular weight excluding hydrogens is 220 g/mol. The molecule has 5 nitrogen and oxygen atoms in total. The third-order valence-electron chi connectivity index (χ3n) is 2.33. The summed E-state index contributed by atoms with van der Waals surface area (Å²) < 4.78 is 14.8. The molecule has 0 spiro atoms. The van der Waals surface area contributed by atoms with E-state index in [-0.39, 0.29) is 22.7 Å². The van der Waals surface area contributed by atoms with Gasteiger partial charge >= 0.3 is 5.97 Å². The van der Waals surface area contributed by atoms with Gasteiger partial charge in [0, 0.05) is 0 Å². The van der Waals surface area contributed by atoms with Crippen LogP contribution < -0.4 is 0 Å². The predicted octanol–water partition coefficient (Wildman–Crippen LogP) is 1.60. The quantitative estimate of drug-likeness (QED) is 0.500. The molecular formula is C9H4O5S. The van der Waals surface area contributed by atoms with Crippen molar-refractivity contribution in [2.24, 2.45) is 0 Å². The summed E-state index contributed by atoms with van der Waals surface area (Å²) >= 11 is 5.00. The van der Waals surface area contributed by atoms with Gasteiger partial charge in [0.15, 0.2) is 17.1 Å². The van der Waals surface area contributed by atoms with Crippen LogP contribution in [0.4, 0.5) is 0 Å². The number of furan rings is 2. The van der Waals surface area contributed by atoms with Gasteiger partial charge in [0.05, 0.1) is 7.11 Å². The number of hydrogen-bond acceptors (Lipinski definition) is 6. The lowest BCUT2D eigenvalue weighted by Gasteiger charge is -1.98. The van der Waals surface area contributed by atoms with Crippen LogP contribution in [0, 0.1) is 0 Å². The van der Waals surface area contributed by atoms with Gasteiger partial charge in [-0.3, -0.25) is 0 Å². The van der Waals surface area contributed by atoms with Crippen LogP contribution in [0.5, 0.6) is 5.95 Å². The Morgan fingerprint density at radius 1 is 1.40 bits per heavy atom. The lowest BCUT2D eigenvalue weighted by Crippen LogP contribution is -2.07. The molecule has 3 rings (SSSR count). The molecule has 2 bridgehead atoms. The minimum atomic E-state index is -0.603. The minimum absolute atomic E-state index is 0.135. The first-order valence-corrected chi connectivity index (χ1v) is 4.47. The number of esters is 1. The predicted molar refractivity (Wildman–Crippen MR) is 52.3 cm³/mol. The fraction of sp³-hybridized carbons (Fsp3) is 0.111. The second kappa shape index (κ2) is 2.40. The van der Waals surface area contributed by atoms with Gasteiger partial charge in [0.2, 0.25) is 0 Å². The van der Waals surface area contributed by atoms with E-state index in [0.29, 0.717) is 16.2 Å². The zero-order valence-corrected chi connectivity index (χ0v) is 8.30. The Bertz CT molecular complexity index is 618. The summed E-state index contributed by atoms with van der Waals surface area (Å²) in [6, 6.07) is 0. The number of fused-ring (bicyclic) bond motifs is 1. The van der Waals surface area contributed by atoms with Crippen LogP contribution >= 0.6 is 12.2 Å². The molecule has 1 aliphatic heterocycles. The first-order valence-electron chi connectivity index (χ1n) is 4.06. The van der Waals surface area contributed by atoms with Crippen molar-refractivity contribution < 1.29 is 23.5 Å². The molecule has 0 aromatic carbocycles. The molecule has 76 valence electrons. The highest BCUT2D eigenvalue weighted by Crippen LogP contribution is 2.44. The SMILES string of the molecule is COC(=O)c1c2oc3c(oc(O)c13)C2=S. The molecule has 15 heavy (non-hydrogen) atoms. The van der Waals surface area contributed by atoms with Gasteiger partial charge in [-0.15, -0.1) is 0 Å². The molecule has 2 aromatic rings. The fourth-order valence-electron chi connectivity index (χ4n) is 1.70. The minimum Gasteiger partial charge on any atom is -0.480 e. The Balaban J connectivity index is 2.46. The summed E-state index contributed by atoms with van der Waals surface area (Å²) in [5.74, 6) is -0.426. The maximum atomic E-state index is 11.4. The molecule has 1 N–H and O–H groups in total. The van der Waals surface area contributed by atoms with E-state index in [0.717, 1.165) is 0 Å². The third kappa shape index (κ3) is 0.782. The van der Waals surface area contributed by atoms with Gasteiger partial charge in [-0.05, 0) is 0 Å². The highest BCUT2D eigenvalue weighted by atomic mass is 32.1. The average molecular weight is 224 g/mol. The molecule has 2 aromatic heterocycles. The molecule has 6 heteroatoms. The Labute approximate surface area is 88.2 Å². The summed E-state index contributed by atoms with van der Waals surface area (Å²) in [5.41, 5.74) is 0.448. The monoisotopic (exact) mass is 224 g/mol. The molecule has 0 saturated heterocycles. The van der Waals surface area contributed by atoms with E-state index < -0.39 is 5.97 Å². The van der Waals surface area contributed by atoms with Crippen LogP contribution in [0.25, 0.3) is 11.0 Å². The molecule has 0 aliphatic carbocycles. The summed E-state index contributed by atoms with van der Waals surface area (Å²) in [6.45, 7) is 0. The lowest BCUT2D eigenvalue weighted by atomic mass is 10.1. The number of carbonyl (C=O) groups is 1. The van der Waals surface area contributed by atoms with Gasteiger partial charge in [-0.1, -0.05) is 12.2 Å². The molecule has 0 fully saturated rings. The Kier molecular flexibility index (Phi) is 1.36. The number of aromatic hydroxyl groups is 1. The molecule has 0 unspecified atom stereocenters. The lowest BCUT2D eigenvalue weighted by molar-refractivity contribution is 0.0601. The number of thiocarbonyl (C=S) groups is 1. The highest BCUT2D eigenvalue weighted by Gasteiger charge is 2.39. The van der Waals surface area contributed by atoms with E-state index in [1.54, 1.807) is 0 Å². The van der Waals surface area contributed by atoms with Crippen LogP contribution in [0.3, 0.4) is 0 Å². The van der Waals surface area contributed by atoms with Crippen LogP contribution in [-0.2, 0) is 4.74 Å². The number of methoxy groups -OCH3 is 1. The van der Waals surface area contributed by atoms with Crippen molar-refractivity contribution in [1.82, 2.24) is 0 Å². The topological polar surface area (TPSA) is 72.8 Å². The summed E-state index contributed by atoms with van der Waals surface area (Å²) in [5, 5.41) is 9.70. The van der Waals surface area contributed by atoms with Crippen molar-refractivity contribution in [2.45, 2.75) is 0 Å². The van der Waals surface area contributed by atoms with Crippen molar-refractivity contribution in [3.63, 3.8) is 0 Å². The molecule has 0 saturated carbocycles. The van der Waals surface area contributed by atoms with E-state index in [2.05, 4.69) is 4.74 Å². The van der Waals surface area contributed by atoms with Crippen LogP contribution in [-0.4, -0.2) is 23.1 Å². The number of carbonyl (C=O) groups excluding carboxylic acids is 1. The largest absolute Gasteiger partial charge is 0.480 e. The molecule has 0 amide bonds. The van der Waals surface area contributed by atoms with Crippen LogP contribution in [0.15, 0.2) is 8.83 Å². The normalized spacial score (nSPS) is 13.0. The van der Waals surface area contributed by atoms with Crippen molar-refractivity contribution in [3.05, 3.63) is 17.1 Å². The van der Waals surface area contributed by atoms with Crippen molar-refractivity contribution in [1.29, 1.82) is 0 Å². The van der Waals surface area contributed by atoms with Crippen LogP contribution in [0.2, 0.25) is 0 Å². The summed E-state index contributed by atoms with van der Waals surface area (Å²) in [7, 11) is 1.24. The first-order chi connectivity index (χ1) is 7.15. The van der Waals surface area contributed by atoms with E-state index in [1.165, 1.54) is 7.11 Å². The van der Waals surface area contributed by atoms with Crippen molar-refractivity contribution in [2.75, 3.05) is 7.11 Å². The van der Waals surface area contributed by atoms with Crippen molar-refractivity contribution >= 4 is 34.0 Å². The van der Waals surface area contributed by atoms with Gasteiger partial charge < -0.3 is 18.7 Å². The Morgan fingerprint density at radius 2 is 2.13 bits per heavy atom. The van der Waals surface area contributed by atoms with Gasteiger partial charge in [-0.25, -0.2) is 4.79 Å².